The topological polar surface area (TPSA) is 6.48 Å². The molecular formula is C39H40N2. The van der Waals surface area contributed by atoms with Crippen LogP contribution in [0.1, 0.15) is 50.2 Å². The van der Waals surface area contributed by atoms with Crippen molar-refractivity contribution in [2.45, 2.75) is 46.0 Å². The molecule has 0 N–H and O–H groups in total. The molecule has 1 unspecified atom stereocenters. The van der Waals surface area contributed by atoms with Gasteiger partial charge in [0.1, 0.15) is 0 Å². The smallest absolute Gasteiger partial charge is 0.0464 e. The van der Waals surface area contributed by atoms with Gasteiger partial charge in [-0.25, -0.2) is 0 Å². The molecule has 0 fully saturated rings. The van der Waals surface area contributed by atoms with Crippen molar-refractivity contribution in [3.8, 4) is 0 Å². The van der Waals surface area contributed by atoms with Crippen molar-refractivity contribution in [3.63, 3.8) is 0 Å². The highest BCUT2D eigenvalue weighted by Gasteiger charge is 2.19. The number of aryl methyl sites for hydroxylation is 1. The number of rotatable bonds is 10. The molecule has 0 saturated carbocycles. The fourth-order valence-electron chi connectivity index (χ4n) is 5.39. The Bertz CT molecular complexity index is 1530. The molecule has 0 heterocycles. The van der Waals surface area contributed by atoms with E-state index in [0.717, 1.165) is 30.6 Å². The Balaban J connectivity index is 1.40. The summed E-state index contributed by atoms with van der Waals surface area (Å²) in [5.74, 6) is 0.347. The first-order chi connectivity index (χ1) is 20.2. The van der Waals surface area contributed by atoms with E-state index < -0.39 is 0 Å². The summed E-state index contributed by atoms with van der Waals surface area (Å²) in [5.41, 5.74) is 9.70. The Morgan fingerprint density at radius 3 is 2.00 bits per heavy atom. The lowest BCUT2D eigenvalue weighted by Gasteiger charge is -2.30. The summed E-state index contributed by atoms with van der Waals surface area (Å²) >= 11 is 0. The molecule has 41 heavy (non-hydrogen) atoms. The van der Waals surface area contributed by atoms with Crippen LogP contribution >= 0.6 is 0 Å². The zero-order valence-electron chi connectivity index (χ0n) is 24.4. The Morgan fingerprint density at radius 1 is 0.732 bits per heavy atom. The maximum atomic E-state index is 2.39. The van der Waals surface area contributed by atoms with Gasteiger partial charge in [-0.2, -0.15) is 0 Å². The minimum atomic E-state index is 0.347. The van der Waals surface area contributed by atoms with Crippen LogP contribution in [-0.2, 0) is 0 Å². The van der Waals surface area contributed by atoms with Gasteiger partial charge < -0.3 is 9.80 Å². The fraction of sp³-hybridized carbons (Fsp3) is 0.179. The molecule has 0 saturated heterocycles. The molecule has 1 atom stereocenters. The second-order valence-electron chi connectivity index (χ2n) is 10.5. The van der Waals surface area contributed by atoms with Crippen LogP contribution in [0.15, 0.2) is 157 Å². The van der Waals surface area contributed by atoms with E-state index in [9.17, 15) is 0 Å². The van der Waals surface area contributed by atoms with Crippen molar-refractivity contribution >= 4 is 22.7 Å². The summed E-state index contributed by atoms with van der Waals surface area (Å²) in [6.07, 6.45) is 16.8. The largest absolute Gasteiger partial charge is 0.311 e. The van der Waals surface area contributed by atoms with Gasteiger partial charge in [0.05, 0.1) is 0 Å². The molecule has 5 rings (SSSR count). The number of allylic oxidation sites excluding steroid dienone is 6. The van der Waals surface area contributed by atoms with E-state index in [-0.39, 0.29) is 0 Å². The van der Waals surface area contributed by atoms with E-state index in [1.165, 1.54) is 33.9 Å². The van der Waals surface area contributed by atoms with Gasteiger partial charge in [0.15, 0.2) is 0 Å². The molecule has 1 aliphatic carbocycles. The summed E-state index contributed by atoms with van der Waals surface area (Å²) < 4.78 is 0. The molecule has 0 aromatic heterocycles. The van der Waals surface area contributed by atoms with Crippen LogP contribution in [0.3, 0.4) is 0 Å². The Hall–Kier alpha value is -4.56. The minimum absolute atomic E-state index is 0.347. The fourth-order valence-corrected chi connectivity index (χ4v) is 5.39. The monoisotopic (exact) mass is 536 g/mol. The van der Waals surface area contributed by atoms with Gasteiger partial charge in [-0.3, -0.25) is 0 Å². The lowest BCUT2D eigenvalue weighted by atomic mass is 9.91. The average molecular weight is 537 g/mol. The van der Waals surface area contributed by atoms with E-state index in [0.29, 0.717) is 5.92 Å². The lowest BCUT2D eigenvalue weighted by molar-refractivity contribution is 0.837. The highest BCUT2D eigenvalue weighted by Crippen LogP contribution is 2.37. The highest BCUT2D eigenvalue weighted by molar-refractivity contribution is 5.76. The molecule has 206 valence electrons. The van der Waals surface area contributed by atoms with Crippen LogP contribution in [0.25, 0.3) is 0 Å². The number of hydrogen-bond donors (Lipinski definition) is 0. The van der Waals surface area contributed by atoms with Crippen molar-refractivity contribution < 1.29 is 0 Å². The molecule has 0 bridgehead atoms. The van der Waals surface area contributed by atoms with Gasteiger partial charge in [-0.1, -0.05) is 98.8 Å². The van der Waals surface area contributed by atoms with Gasteiger partial charge in [0, 0.05) is 40.1 Å². The van der Waals surface area contributed by atoms with Crippen molar-refractivity contribution in [1.29, 1.82) is 0 Å². The lowest BCUT2D eigenvalue weighted by Crippen LogP contribution is -2.21. The van der Waals surface area contributed by atoms with Gasteiger partial charge in [-0.05, 0) is 98.0 Å². The quantitative estimate of drug-likeness (QED) is 0.186. The van der Waals surface area contributed by atoms with Crippen LogP contribution < -0.4 is 9.80 Å². The molecule has 0 spiro atoms. The zero-order valence-corrected chi connectivity index (χ0v) is 24.4. The van der Waals surface area contributed by atoms with Crippen LogP contribution in [0, 0.1) is 6.92 Å². The van der Waals surface area contributed by atoms with Crippen molar-refractivity contribution in [3.05, 3.63) is 168 Å². The second kappa shape index (κ2) is 13.7. The van der Waals surface area contributed by atoms with Crippen LogP contribution in [0.2, 0.25) is 0 Å². The minimum Gasteiger partial charge on any atom is -0.311 e. The molecule has 2 nitrogen and oxygen atoms in total. The second-order valence-corrected chi connectivity index (χ2v) is 10.5. The highest BCUT2D eigenvalue weighted by atomic mass is 15.2. The third-order valence-corrected chi connectivity index (χ3v) is 7.40. The van der Waals surface area contributed by atoms with E-state index in [1.807, 2.05) is 0 Å². The average Bonchev–Trinajstić information content (AvgIpc) is 3.02. The third kappa shape index (κ3) is 6.78. The summed E-state index contributed by atoms with van der Waals surface area (Å²) in [5, 5.41) is 0. The van der Waals surface area contributed by atoms with Crippen LogP contribution in [0.4, 0.5) is 22.7 Å². The number of hydrogen-bond acceptors (Lipinski definition) is 2. The molecule has 0 amide bonds. The maximum absolute atomic E-state index is 2.39. The first-order valence-electron chi connectivity index (χ1n) is 14.8. The van der Waals surface area contributed by atoms with E-state index >= 15 is 0 Å². The number of anilines is 4. The molecule has 1 aliphatic rings. The number of nitrogens with zero attached hydrogens (tertiary/aromatic N) is 2. The number of para-hydroxylation sites is 2. The van der Waals surface area contributed by atoms with Crippen molar-refractivity contribution in [2.75, 3.05) is 9.80 Å². The van der Waals surface area contributed by atoms with Gasteiger partial charge in [-0.15, -0.1) is 0 Å². The Kier molecular flexibility index (Phi) is 9.34. The summed E-state index contributed by atoms with van der Waals surface area (Å²) in [6, 6.07) is 39.1. The zero-order chi connectivity index (χ0) is 28.4. The van der Waals surface area contributed by atoms with Gasteiger partial charge >= 0.3 is 0 Å². The molecular weight excluding hydrogens is 496 g/mol. The molecule has 2 heteroatoms. The van der Waals surface area contributed by atoms with Crippen molar-refractivity contribution in [2.24, 2.45) is 0 Å². The molecule has 4 aromatic carbocycles. The van der Waals surface area contributed by atoms with E-state index in [1.54, 1.807) is 0 Å². The SMILES string of the molecule is CC/C=C\C(=C/CC)N(C1=CCC(c2ccc(N(c3ccccc3)c3cccc(C)c3)cc2)C=C1)c1ccccc1. The van der Waals surface area contributed by atoms with Gasteiger partial charge in [0.2, 0.25) is 0 Å². The van der Waals surface area contributed by atoms with Crippen molar-refractivity contribution in [1.82, 2.24) is 0 Å². The number of benzene rings is 4. The maximum Gasteiger partial charge on any atom is 0.0464 e. The first kappa shape index (κ1) is 28.0. The van der Waals surface area contributed by atoms with E-state index in [2.05, 4.69) is 176 Å². The Labute approximate surface area is 246 Å². The predicted octanol–water partition coefficient (Wildman–Crippen LogP) is 11.2. The van der Waals surface area contributed by atoms with Crippen LogP contribution in [0.5, 0.6) is 0 Å². The summed E-state index contributed by atoms with van der Waals surface area (Å²) in [6.45, 7) is 6.53. The van der Waals surface area contributed by atoms with Gasteiger partial charge in [0.25, 0.3) is 0 Å². The summed E-state index contributed by atoms with van der Waals surface area (Å²) in [4.78, 5) is 4.71. The molecule has 4 aromatic rings. The Morgan fingerprint density at radius 2 is 1.39 bits per heavy atom. The molecule has 0 radical (unpaired) electrons. The standard InChI is InChI=1S/C39H40N2/c1-4-6-16-34(14-5-2)40(35-17-9-7-10-18-35)37-26-22-32(23-27-37)33-24-28-38(29-25-33)41(36-19-11-8-12-20-36)39-21-13-15-31(3)30-39/h6-22,24-30,32H,4-5,23H2,1-3H3/b16-6-,34-14+. The summed E-state index contributed by atoms with van der Waals surface area (Å²) in [7, 11) is 0. The normalized spacial score (nSPS) is 15.1. The first-order valence-corrected chi connectivity index (χ1v) is 14.8. The molecule has 0 aliphatic heterocycles. The predicted molar refractivity (Wildman–Crippen MR) is 177 cm³/mol. The van der Waals surface area contributed by atoms with Crippen LogP contribution in [-0.4, -0.2) is 0 Å². The third-order valence-electron chi connectivity index (χ3n) is 7.40. The van der Waals surface area contributed by atoms with E-state index in [4.69, 9.17) is 0 Å².